The van der Waals surface area contributed by atoms with Crippen molar-refractivity contribution in [3.05, 3.63) is 101 Å². The van der Waals surface area contributed by atoms with Crippen LogP contribution >= 0.6 is 0 Å². The highest BCUT2D eigenvalue weighted by Gasteiger charge is 2.32. The first-order chi connectivity index (χ1) is 21.1. The van der Waals surface area contributed by atoms with Gasteiger partial charge in [-0.1, -0.05) is 30.3 Å². The normalized spacial score (nSPS) is 16.2. The van der Waals surface area contributed by atoms with Gasteiger partial charge in [-0.25, -0.2) is 0 Å². The summed E-state index contributed by atoms with van der Waals surface area (Å²) in [6.45, 7) is 3.36. The van der Waals surface area contributed by atoms with Crippen molar-refractivity contribution in [1.29, 1.82) is 0 Å². The number of β-amino-alcohol motifs (C(OH)–C–C–N with tert-alkyl or cyclic N) is 1. The summed E-state index contributed by atoms with van der Waals surface area (Å²) in [5, 5.41) is 10.4. The molecule has 0 aliphatic carbocycles. The maximum atomic E-state index is 13.1. The number of alkyl halides is 9. The largest absolute Gasteiger partial charge is 0.491 e. The maximum Gasteiger partial charge on any atom is 0.416 e. The second-order valence-electron chi connectivity index (χ2n) is 11.1. The van der Waals surface area contributed by atoms with Crippen LogP contribution in [0.2, 0.25) is 0 Å². The van der Waals surface area contributed by atoms with Crippen molar-refractivity contribution in [3.63, 3.8) is 0 Å². The summed E-state index contributed by atoms with van der Waals surface area (Å²) in [7, 11) is 0. The molecule has 1 N–H and O–H groups in total. The molecule has 0 radical (unpaired) electrons. The van der Waals surface area contributed by atoms with E-state index in [1.54, 1.807) is 0 Å². The van der Waals surface area contributed by atoms with Gasteiger partial charge in [-0.05, 0) is 73.0 Å². The standard InChI is InChI=1S/C32H33F9N2O2/c33-30(34,35)24-10-6-22(7-11-24)29(23-8-12-25(13-9-23)31(36,37)38)5-2-14-42-15-17-43(18-16-42)20-27(44)21-45-28-4-1-3-26(19-28)32(39,40)41/h1,3-4,6-13,19,27,29,44H,2,5,14-18,20-21H2. The minimum Gasteiger partial charge on any atom is -0.491 e. The molecule has 0 amide bonds. The highest BCUT2D eigenvalue weighted by Crippen LogP contribution is 2.36. The number of nitrogens with zero attached hydrogens (tertiary/aromatic N) is 2. The van der Waals surface area contributed by atoms with Crippen molar-refractivity contribution in [3.8, 4) is 5.75 Å². The zero-order valence-electron chi connectivity index (χ0n) is 24.1. The van der Waals surface area contributed by atoms with E-state index in [4.69, 9.17) is 4.74 Å². The van der Waals surface area contributed by atoms with Crippen LogP contribution in [0.15, 0.2) is 72.8 Å². The molecule has 1 unspecified atom stereocenters. The van der Waals surface area contributed by atoms with Crippen LogP contribution in [0.5, 0.6) is 5.75 Å². The van der Waals surface area contributed by atoms with Crippen molar-refractivity contribution in [2.75, 3.05) is 45.9 Å². The Morgan fingerprint density at radius 1 is 0.644 bits per heavy atom. The molecule has 1 heterocycles. The van der Waals surface area contributed by atoms with Crippen molar-refractivity contribution in [2.45, 2.75) is 43.4 Å². The number of benzene rings is 3. The van der Waals surface area contributed by atoms with E-state index >= 15 is 0 Å². The topological polar surface area (TPSA) is 35.9 Å². The summed E-state index contributed by atoms with van der Waals surface area (Å²) in [5.41, 5.74) is -1.29. The molecule has 1 aliphatic heterocycles. The number of rotatable bonds is 11. The number of halogens is 9. The van der Waals surface area contributed by atoms with E-state index < -0.39 is 47.2 Å². The van der Waals surface area contributed by atoms with E-state index in [1.165, 1.54) is 36.4 Å². The Balaban J connectivity index is 1.27. The number of piperazine rings is 1. The smallest absolute Gasteiger partial charge is 0.416 e. The minimum absolute atomic E-state index is 0.0135. The molecule has 45 heavy (non-hydrogen) atoms. The van der Waals surface area contributed by atoms with Crippen molar-refractivity contribution in [2.24, 2.45) is 0 Å². The average molecular weight is 649 g/mol. The van der Waals surface area contributed by atoms with Gasteiger partial charge in [-0.3, -0.25) is 4.90 Å². The fourth-order valence-corrected chi connectivity index (χ4v) is 5.35. The van der Waals surface area contributed by atoms with E-state index in [0.29, 0.717) is 56.7 Å². The van der Waals surface area contributed by atoms with Crippen molar-refractivity contribution in [1.82, 2.24) is 9.80 Å². The lowest BCUT2D eigenvalue weighted by molar-refractivity contribution is -0.138. The van der Waals surface area contributed by atoms with Crippen LogP contribution in [0.1, 0.15) is 46.6 Å². The number of aliphatic hydroxyl groups excluding tert-OH is 1. The molecule has 4 nitrogen and oxygen atoms in total. The van der Waals surface area contributed by atoms with Crippen LogP contribution in [0.3, 0.4) is 0 Å². The van der Waals surface area contributed by atoms with Gasteiger partial charge in [0.2, 0.25) is 0 Å². The molecule has 4 rings (SSSR count). The SMILES string of the molecule is OC(COc1cccc(C(F)(F)F)c1)CN1CCN(CCCC(c2ccc(C(F)(F)F)cc2)c2ccc(C(F)(F)F)cc2)CC1. The van der Waals surface area contributed by atoms with E-state index in [2.05, 4.69) is 4.90 Å². The molecule has 0 aromatic heterocycles. The van der Waals surface area contributed by atoms with Crippen molar-refractivity contribution < 1.29 is 49.4 Å². The Morgan fingerprint density at radius 3 is 1.62 bits per heavy atom. The second kappa shape index (κ2) is 14.4. The first-order valence-corrected chi connectivity index (χ1v) is 14.4. The quantitative estimate of drug-likeness (QED) is 0.216. The zero-order chi connectivity index (χ0) is 32.8. The number of aliphatic hydroxyl groups is 1. The summed E-state index contributed by atoms with van der Waals surface area (Å²) in [4.78, 5) is 4.21. The lowest BCUT2D eigenvalue weighted by atomic mass is 9.86. The predicted octanol–water partition coefficient (Wildman–Crippen LogP) is 7.71. The molecule has 3 aromatic carbocycles. The van der Waals surface area contributed by atoms with Gasteiger partial charge in [0.1, 0.15) is 18.5 Å². The first-order valence-electron chi connectivity index (χ1n) is 14.4. The Bertz CT molecular complexity index is 1290. The zero-order valence-corrected chi connectivity index (χ0v) is 24.1. The fraction of sp³-hybridized carbons (Fsp3) is 0.438. The second-order valence-corrected chi connectivity index (χ2v) is 11.1. The van der Waals surface area contributed by atoms with Gasteiger partial charge in [0.25, 0.3) is 0 Å². The monoisotopic (exact) mass is 648 g/mol. The molecular formula is C32H33F9N2O2. The molecule has 0 saturated carbocycles. The molecule has 246 valence electrons. The third-order valence-corrected chi connectivity index (χ3v) is 7.79. The van der Waals surface area contributed by atoms with Crippen LogP contribution in [0.25, 0.3) is 0 Å². The van der Waals surface area contributed by atoms with E-state index in [0.717, 1.165) is 36.4 Å². The van der Waals surface area contributed by atoms with Gasteiger partial charge < -0.3 is 14.7 Å². The third kappa shape index (κ3) is 10.1. The maximum absolute atomic E-state index is 13.1. The summed E-state index contributed by atoms with van der Waals surface area (Å²) in [6.07, 6.45) is -13.3. The van der Waals surface area contributed by atoms with Gasteiger partial charge in [0.15, 0.2) is 0 Å². The highest BCUT2D eigenvalue weighted by atomic mass is 19.4. The lowest BCUT2D eigenvalue weighted by Crippen LogP contribution is -2.49. The molecule has 1 fully saturated rings. The van der Waals surface area contributed by atoms with Gasteiger partial charge in [-0.2, -0.15) is 39.5 Å². The van der Waals surface area contributed by atoms with E-state index in [-0.39, 0.29) is 18.9 Å². The van der Waals surface area contributed by atoms with Crippen LogP contribution < -0.4 is 4.74 Å². The Hall–Kier alpha value is -3.29. The molecule has 3 aromatic rings. The average Bonchev–Trinajstić information content (AvgIpc) is 2.98. The molecule has 1 aliphatic rings. The van der Waals surface area contributed by atoms with Crippen LogP contribution in [-0.4, -0.2) is 66.9 Å². The molecule has 0 spiro atoms. The van der Waals surface area contributed by atoms with E-state index in [1.807, 2.05) is 4.90 Å². The van der Waals surface area contributed by atoms with E-state index in [9.17, 15) is 44.6 Å². The Morgan fingerprint density at radius 2 is 1.13 bits per heavy atom. The summed E-state index contributed by atoms with van der Waals surface area (Å²) in [5.74, 6) is -0.387. The molecule has 1 atom stereocenters. The van der Waals surface area contributed by atoms with Gasteiger partial charge in [0, 0.05) is 38.6 Å². The minimum atomic E-state index is -4.50. The third-order valence-electron chi connectivity index (χ3n) is 7.79. The number of hydrogen-bond acceptors (Lipinski definition) is 4. The first kappa shape index (κ1) is 34.6. The predicted molar refractivity (Wildman–Crippen MR) is 150 cm³/mol. The van der Waals surface area contributed by atoms with Gasteiger partial charge in [-0.15, -0.1) is 0 Å². The van der Waals surface area contributed by atoms with Crippen molar-refractivity contribution >= 4 is 0 Å². The van der Waals surface area contributed by atoms with Crippen LogP contribution in [0, 0.1) is 0 Å². The lowest BCUT2D eigenvalue weighted by Gasteiger charge is -2.35. The summed E-state index contributed by atoms with van der Waals surface area (Å²) >= 11 is 0. The molecule has 0 bridgehead atoms. The highest BCUT2D eigenvalue weighted by molar-refractivity contribution is 5.37. The number of ether oxygens (including phenoxy) is 1. The van der Waals surface area contributed by atoms with Crippen LogP contribution in [-0.2, 0) is 18.5 Å². The van der Waals surface area contributed by atoms with Gasteiger partial charge in [0.05, 0.1) is 16.7 Å². The van der Waals surface area contributed by atoms with Gasteiger partial charge >= 0.3 is 18.5 Å². The Labute approximate surface area is 255 Å². The molecule has 13 heteroatoms. The summed E-state index contributed by atoms with van der Waals surface area (Å²) in [6, 6.07) is 13.8. The molecular weight excluding hydrogens is 615 g/mol. The van der Waals surface area contributed by atoms with Crippen LogP contribution in [0.4, 0.5) is 39.5 Å². The number of hydrogen-bond donors (Lipinski definition) is 1. The fourth-order valence-electron chi connectivity index (χ4n) is 5.35. The summed E-state index contributed by atoms with van der Waals surface area (Å²) < 4.78 is 123. The molecule has 1 saturated heterocycles. The Kier molecular flexibility index (Phi) is 11.1.